The lowest BCUT2D eigenvalue weighted by molar-refractivity contribution is 0.0664. The fraction of sp³-hybridized carbons (Fsp3) is 0.348. The van der Waals surface area contributed by atoms with E-state index in [9.17, 15) is 4.79 Å². The van der Waals surface area contributed by atoms with Gasteiger partial charge in [0, 0.05) is 61.4 Å². The molecule has 2 heterocycles. The number of benzene rings is 2. The molecule has 0 saturated carbocycles. The van der Waals surface area contributed by atoms with Gasteiger partial charge in [0.25, 0.3) is 5.91 Å². The maximum atomic E-state index is 13.1. The summed E-state index contributed by atoms with van der Waals surface area (Å²) in [6.07, 6.45) is 0.534. The van der Waals surface area contributed by atoms with Crippen molar-refractivity contribution in [2.45, 2.75) is 13.3 Å². The number of rotatable bonds is 3. The zero-order valence-corrected chi connectivity index (χ0v) is 19.0. The number of likely N-dealkylation sites (N-methyl/N-ethyl adjacent to an activating group) is 1. The van der Waals surface area contributed by atoms with Gasteiger partial charge in [0.05, 0.1) is 16.1 Å². The molecule has 0 aliphatic carbocycles. The van der Waals surface area contributed by atoms with E-state index in [1.165, 1.54) is 0 Å². The second kappa shape index (κ2) is 8.14. The molecule has 4 rings (SSSR count). The Morgan fingerprint density at radius 1 is 1.07 bits per heavy atom. The van der Waals surface area contributed by atoms with Crippen LogP contribution in [-0.2, 0) is 13.5 Å². The third-order valence-corrected chi connectivity index (χ3v) is 6.84. The maximum absolute atomic E-state index is 13.1. The second-order valence-electron chi connectivity index (χ2n) is 8.13. The summed E-state index contributed by atoms with van der Waals surface area (Å²) in [5.74, 6) is -0.0355. The Kier molecular flexibility index (Phi) is 5.71. The van der Waals surface area contributed by atoms with E-state index in [-0.39, 0.29) is 5.91 Å². The van der Waals surface area contributed by atoms with Crippen LogP contribution in [0.2, 0.25) is 10.0 Å². The molecule has 0 spiro atoms. The minimum atomic E-state index is -0.0355. The lowest BCUT2D eigenvalue weighted by atomic mass is 10.0. The summed E-state index contributed by atoms with van der Waals surface area (Å²) in [6, 6.07) is 9.61. The zero-order chi connectivity index (χ0) is 21.6. The van der Waals surface area contributed by atoms with Crippen molar-refractivity contribution in [1.82, 2.24) is 14.4 Å². The molecule has 1 saturated heterocycles. The van der Waals surface area contributed by atoms with Crippen LogP contribution in [-0.4, -0.2) is 53.5 Å². The number of carbonyl (C=O) groups excluding carboxylic acids is 1. The molecule has 1 aliphatic rings. The van der Waals surface area contributed by atoms with Gasteiger partial charge in [-0.1, -0.05) is 23.2 Å². The van der Waals surface area contributed by atoms with Crippen LogP contribution in [0.25, 0.3) is 10.9 Å². The predicted octanol–water partition coefficient (Wildman–Crippen LogP) is 4.35. The van der Waals surface area contributed by atoms with Crippen molar-refractivity contribution in [3.05, 3.63) is 62.8 Å². The highest BCUT2D eigenvalue weighted by molar-refractivity contribution is 6.38. The molecule has 0 radical (unpaired) electrons. The summed E-state index contributed by atoms with van der Waals surface area (Å²) in [7, 11) is 4.08. The molecule has 7 heteroatoms. The van der Waals surface area contributed by atoms with Gasteiger partial charge in [0.2, 0.25) is 0 Å². The molecule has 1 aliphatic heterocycles. The Balaban J connectivity index is 1.69. The standard InChI is InChI=1S/C23H26Cl2N4O/c1-14-10-15(26)11-21-18(14)12-16(28(21)3)13-19-20(24)5-4-17(22(19)25)23(30)29-8-6-27(2)7-9-29/h4-5,10-12H,6-9,13,26H2,1-3H3. The molecule has 0 atom stereocenters. The minimum Gasteiger partial charge on any atom is -0.399 e. The number of nitrogen functional groups attached to an aromatic ring is 1. The molecule has 158 valence electrons. The normalized spacial score (nSPS) is 15.2. The third kappa shape index (κ3) is 3.78. The average Bonchev–Trinajstić information content (AvgIpc) is 3.01. The highest BCUT2D eigenvalue weighted by atomic mass is 35.5. The molecule has 0 unspecified atom stereocenters. The first-order valence-corrected chi connectivity index (χ1v) is 10.8. The fourth-order valence-electron chi connectivity index (χ4n) is 4.15. The van der Waals surface area contributed by atoms with Crippen LogP contribution >= 0.6 is 23.2 Å². The van der Waals surface area contributed by atoms with E-state index in [0.29, 0.717) is 35.1 Å². The summed E-state index contributed by atoms with van der Waals surface area (Å²) in [4.78, 5) is 17.2. The van der Waals surface area contributed by atoms with Crippen LogP contribution in [0.5, 0.6) is 0 Å². The molecule has 1 amide bonds. The molecule has 1 aromatic heterocycles. The van der Waals surface area contributed by atoms with Gasteiger partial charge in [0.1, 0.15) is 0 Å². The summed E-state index contributed by atoms with van der Waals surface area (Å²) in [6.45, 7) is 5.18. The highest BCUT2D eigenvalue weighted by Crippen LogP contribution is 2.33. The maximum Gasteiger partial charge on any atom is 0.255 e. The van der Waals surface area contributed by atoms with Gasteiger partial charge in [0.15, 0.2) is 0 Å². The van der Waals surface area contributed by atoms with Crippen molar-refractivity contribution in [2.75, 3.05) is 39.0 Å². The van der Waals surface area contributed by atoms with Crippen LogP contribution in [0.1, 0.15) is 27.2 Å². The Bertz CT molecular complexity index is 1130. The number of aromatic nitrogens is 1. The lowest BCUT2D eigenvalue weighted by Crippen LogP contribution is -2.47. The van der Waals surface area contributed by atoms with E-state index in [4.69, 9.17) is 28.9 Å². The molecule has 5 nitrogen and oxygen atoms in total. The summed E-state index contributed by atoms with van der Waals surface area (Å²) >= 11 is 13.3. The SMILES string of the molecule is Cc1cc(N)cc2c1cc(Cc1c(Cl)ccc(C(=O)N3CCN(C)CC3)c1Cl)n2C. The third-order valence-electron chi connectivity index (χ3n) is 6.06. The van der Waals surface area contributed by atoms with Crippen LogP contribution in [0, 0.1) is 6.92 Å². The van der Waals surface area contributed by atoms with Gasteiger partial charge in [-0.25, -0.2) is 0 Å². The monoisotopic (exact) mass is 444 g/mol. The average molecular weight is 445 g/mol. The van der Waals surface area contributed by atoms with Crippen LogP contribution in [0.4, 0.5) is 5.69 Å². The lowest BCUT2D eigenvalue weighted by Gasteiger charge is -2.32. The number of anilines is 1. The largest absolute Gasteiger partial charge is 0.399 e. The van der Waals surface area contributed by atoms with Gasteiger partial charge in [-0.3, -0.25) is 4.79 Å². The molecule has 2 N–H and O–H groups in total. The van der Waals surface area contributed by atoms with Gasteiger partial charge < -0.3 is 20.1 Å². The number of carbonyl (C=O) groups is 1. The highest BCUT2D eigenvalue weighted by Gasteiger charge is 2.24. The smallest absolute Gasteiger partial charge is 0.255 e. The number of piperazine rings is 1. The van der Waals surface area contributed by atoms with Crippen molar-refractivity contribution in [2.24, 2.45) is 7.05 Å². The van der Waals surface area contributed by atoms with Crippen LogP contribution in [0.15, 0.2) is 30.3 Å². The van der Waals surface area contributed by atoms with Crippen molar-refractivity contribution in [1.29, 1.82) is 0 Å². The summed E-state index contributed by atoms with van der Waals surface area (Å²) in [5.41, 5.74) is 11.3. The van der Waals surface area contributed by atoms with Crippen molar-refractivity contribution in [3.8, 4) is 0 Å². The molecule has 0 bridgehead atoms. The predicted molar refractivity (Wildman–Crippen MR) is 125 cm³/mol. The molecular weight excluding hydrogens is 419 g/mol. The van der Waals surface area contributed by atoms with Crippen molar-refractivity contribution in [3.63, 3.8) is 0 Å². The summed E-state index contributed by atoms with van der Waals surface area (Å²) in [5, 5.41) is 2.16. The van der Waals surface area contributed by atoms with E-state index in [1.807, 2.05) is 24.1 Å². The number of amides is 1. The molecular formula is C23H26Cl2N4O. The zero-order valence-electron chi connectivity index (χ0n) is 17.5. The number of nitrogens with zero attached hydrogens (tertiary/aromatic N) is 3. The van der Waals surface area contributed by atoms with E-state index < -0.39 is 0 Å². The van der Waals surface area contributed by atoms with Gasteiger partial charge in [-0.2, -0.15) is 0 Å². The quantitative estimate of drug-likeness (QED) is 0.610. The molecule has 3 aromatic rings. The Hall–Kier alpha value is -2.21. The fourth-order valence-corrected chi connectivity index (χ4v) is 4.73. The van der Waals surface area contributed by atoms with Crippen molar-refractivity contribution >= 4 is 45.7 Å². The van der Waals surface area contributed by atoms with Gasteiger partial charge >= 0.3 is 0 Å². The second-order valence-corrected chi connectivity index (χ2v) is 8.91. The Labute approximate surface area is 186 Å². The molecule has 1 fully saturated rings. The minimum absolute atomic E-state index is 0.0355. The molecule has 2 aromatic carbocycles. The van der Waals surface area contributed by atoms with E-state index in [1.54, 1.807) is 12.1 Å². The first-order valence-electron chi connectivity index (χ1n) is 10.1. The van der Waals surface area contributed by atoms with Crippen LogP contribution in [0.3, 0.4) is 0 Å². The van der Waals surface area contributed by atoms with Crippen LogP contribution < -0.4 is 5.73 Å². The number of hydrogen-bond donors (Lipinski definition) is 1. The van der Waals surface area contributed by atoms with Gasteiger partial charge in [-0.15, -0.1) is 0 Å². The Morgan fingerprint density at radius 3 is 2.47 bits per heavy atom. The number of hydrogen-bond acceptors (Lipinski definition) is 3. The van der Waals surface area contributed by atoms with Gasteiger partial charge in [-0.05, 0) is 55.4 Å². The number of halogens is 2. The van der Waals surface area contributed by atoms with E-state index in [0.717, 1.165) is 46.5 Å². The van der Waals surface area contributed by atoms with E-state index in [2.05, 4.69) is 29.5 Å². The topological polar surface area (TPSA) is 54.5 Å². The molecule has 30 heavy (non-hydrogen) atoms. The number of fused-ring (bicyclic) bond motifs is 1. The van der Waals surface area contributed by atoms with Crippen molar-refractivity contribution < 1.29 is 4.79 Å². The first-order chi connectivity index (χ1) is 14.3. The van der Waals surface area contributed by atoms with E-state index >= 15 is 0 Å². The number of aryl methyl sites for hydroxylation is 2. The Morgan fingerprint density at radius 2 is 1.77 bits per heavy atom. The summed E-state index contributed by atoms with van der Waals surface area (Å²) < 4.78 is 2.11. The number of nitrogens with two attached hydrogens (primary N) is 1. The first kappa shape index (κ1) is 21.0.